The summed E-state index contributed by atoms with van der Waals surface area (Å²) in [6.45, 7) is 0.690. The van der Waals surface area contributed by atoms with E-state index in [1.807, 2.05) is 0 Å². The van der Waals surface area contributed by atoms with Crippen LogP contribution in [0.25, 0.3) is 0 Å². The van der Waals surface area contributed by atoms with Crippen molar-refractivity contribution in [1.82, 2.24) is 5.32 Å². The van der Waals surface area contributed by atoms with Crippen molar-refractivity contribution >= 4 is 11.6 Å². The molecule has 4 nitrogen and oxygen atoms in total. The zero-order valence-electron chi connectivity index (χ0n) is 10.4. The summed E-state index contributed by atoms with van der Waals surface area (Å²) >= 11 is 5.67. The lowest BCUT2D eigenvalue weighted by Gasteiger charge is -2.09. The monoisotopic (exact) mass is 297 g/mol. The fourth-order valence-electron chi connectivity index (χ4n) is 1.74. The van der Waals surface area contributed by atoms with Crippen molar-refractivity contribution < 1.29 is 19.7 Å². The Labute approximate surface area is 120 Å². The summed E-state index contributed by atoms with van der Waals surface area (Å²) in [5.74, 6) is -1.77. The van der Waals surface area contributed by atoms with Crippen molar-refractivity contribution in [1.29, 1.82) is 0 Å². The molecule has 0 saturated carbocycles. The lowest BCUT2D eigenvalue weighted by molar-refractivity contribution is 0.364. The summed E-state index contributed by atoms with van der Waals surface area (Å²) in [5, 5.41) is 31.3. The molecule has 106 valence electrons. The molecule has 2 rings (SSSR count). The van der Waals surface area contributed by atoms with Gasteiger partial charge in [0.05, 0.1) is 5.02 Å². The average Bonchev–Trinajstić information content (AvgIpc) is 2.43. The third-order valence-electron chi connectivity index (χ3n) is 2.84. The van der Waals surface area contributed by atoms with E-state index in [9.17, 15) is 19.7 Å². The van der Waals surface area contributed by atoms with Crippen molar-refractivity contribution in [3.8, 4) is 17.2 Å². The molecule has 0 aromatic heterocycles. The number of halogens is 2. The number of nitrogens with one attached hydrogen (secondary N) is 1. The van der Waals surface area contributed by atoms with Gasteiger partial charge in [0.15, 0.2) is 11.5 Å². The SMILES string of the molecule is Oc1ccc(CNCc2ccc(F)c(Cl)c2)c(O)c1O. The average molecular weight is 298 g/mol. The Morgan fingerprint density at radius 1 is 1.00 bits per heavy atom. The number of phenols is 3. The normalized spacial score (nSPS) is 10.7. The Kier molecular flexibility index (Phi) is 4.32. The van der Waals surface area contributed by atoms with Crippen LogP contribution in [-0.2, 0) is 13.1 Å². The molecule has 0 aliphatic rings. The zero-order chi connectivity index (χ0) is 14.7. The second kappa shape index (κ2) is 5.98. The minimum atomic E-state index is -0.547. The molecule has 0 bridgehead atoms. The minimum Gasteiger partial charge on any atom is -0.504 e. The van der Waals surface area contributed by atoms with Crippen LogP contribution in [0, 0.1) is 5.82 Å². The summed E-state index contributed by atoms with van der Waals surface area (Å²) in [6, 6.07) is 7.18. The van der Waals surface area contributed by atoms with E-state index in [4.69, 9.17) is 11.6 Å². The van der Waals surface area contributed by atoms with E-state index >= 15 is 0 Å². The Balaban J connectivity index is 1.99. The number of hydrogen-bond acceptors (Lipinski definition) is 4. The van der Waals surface area contributed by atoms with Gasteiger partial charge in [-0.1, -0.05) is 23.7 Å². The van der Waals surface area contributed by atoms with Gasteiger partial charge in [-0.2, -0.15) is 0 Å². The number of aromatic hydroxyl groups is 3. The molecule has 0 aliphatic carbocycles. The molecule has 0 amide bonds. The van der Waals surface area contributed by atoms with Gasteiger partial charge in [0.1, 0.15) is 5.82 Å². The van der Waals surface area contributed by atoms with E-state index in [0.29, 0.717) is 12.1 Å². The van der Waals surface area contributed by atoms with E-state index < -0.39 is 11.6 Å². The quantitative estimate of drug-likeness (QED) is 0.655. The van der Waals surface area contributed by atoms with E-state index in [0.717, 1.165) is 5.56 Å². The Hall–Kier alpha value is -1.98. The molecule has 6 heteroatoms. The van der Waals surface area contributed by atoms with Crippen molar-refractivity contribution in [2.45, 2.75) is 13.1 Å². The third-order valence-corrected chi connectivity index (χ3v) is 3.13. The fourth-order valence-corrected chi connectivity index (χ4v) is 1.95. The molecule has 0 heterocycles. The predicted octanol–water partition coefficient (Wildman–Crippen LogP) is 2.89. The first-order valence-electron chi connectivity index (χ1n) is 5.86. The van der Waals surface area contributed by atoms with Crippen LogP contribution in [0.1, 0.15) is 11.1 Å². The summed E-state index contributed by atoms with van der Waals surface area (Å²) in [6.07, 6.45) is 0. The molecule has 20 heavy (non-hydrogen) atoms. The smallest absolute Gasteiger partial charge is 0.200 e. The highest BCUT2D eigenvalue weighted by molar-refractivity contribution is 6.30. The lowest BCUT2D eigenvalue weighted by atomic mass is 10.1. The Morgan fingerprint density at radius 2 is 1.75 bits per heavy atom. The summed E-state index contributed by atoms with van der Waals surface area (Å²) in [7, 11) is 0. The lowest BCUT2D eigenvalue weighted by Crippen LogP contribution is -2.12. The predicted molar refractivity (Wildman–Crippen MR) is 73.4 cm³/mol. The molecular formula is C14H13ClFNO3. The molecular weight excluding hydrogens is 285 g/mol. The maximum Gasteiger partial charge on any atom is 0.200 e. The van der Waals surface area contributed by atoms with E-state index in [2.05, 4.69) is 5.32 Å². The van der Waals surface area contributed by atoms with Gasteiger partial charge in [-0.05, 0) is 23.8 Å². The van der Waals surface area contributed by atoms with Crippen LogP contribution >= 0.6 is 11.6 Å². The van der Waals surface area contributed by atoms with Crippen molar-refractivity contribution in [3.05, 3.63) is 52.3 Å². The molecule has 2 aromatic rings. The van der Waals surface area contributed by atoms with Crippen LogP contribution in [0.3, 0.4) is 0 Å². The van der Waals surface area contributed by atoms with Crippen LogP contribution in [-0.4, -0.2) is 15.3 Å². The molecule has 0 aliphatic heterocycles. The van der Waals surface area contributed by atoms with Gasteiger partial charge in [0.2, 0.25) is 5.75 Å². The highest BCUT2D eigenvalue weighted by atomic mass is 35.5. The van der Waals surface area contributed by atoms with E-state index in [1.165, 1.54) is 24.3 Å². The summed E-state index contributed by atoms with van der Waals surface area (Å²) < 4.78 is 13.0. The maximum absolute atomic E-state index is 13.0. The topological polar surface area (TPSA) is 72.7 Å². The first-order valence-corrected chi connectivity index (χ1v) is 6.24. The molecule has 0 spiro atoms. The van der Waals surface area contributed by atoms with Crippen molar-refractivity contribution in [2.75, 3.05) is 0 Å². The van der Waals surface area contributed by atoms with Gasteiger partial charge in [0.25, 0.3) is 0 Å². The fraction of sp³-hybridized carbons (Fsp3) is 0.143. The maximum atomic E-state index is 13.0. The van der Waals surface area contributed by atoms with Crippen LogP contribution in [0.15, 0.2) is 30.3 Å². The van der Waals surface area contributed by atoms with Gasteiger partial charge in [-0.15, -0.1) is 0 Å². The molecule has 0 fully saturated rings. The zero-order valence-corrected chi connectivity index (χ0v) is 11.2. The van der Waals surface area contributed by atoms with Crippen molar-refractivity contribution in [2.24, 2.45) is 0 Å². The van der Waals surface area contributed by atoms with Crippen LogP contribution in [0.2, 0.25) is 5.02 Å². The van der Waals surface area contributed by atoms with Gasteiger partial charge in [-0.25, -0.2) is 4.39 Å². The van der Waals surface area contributed by atoms with E-state index in [-0.39, 0.29) is 23.1 Å². The van der Waals surface area contributed by atoms with Crippen LogP contribution in [0.4, 0.5) is 4.39 Å². The molecule has 4 N–H and O–H groups in total. The number of phenolic OH excluding ortho intramolecular Hbond substituents is 3. The molecule has 2 aromatic carbocycles. The highest BCUT2D eigenvalue weighted by Crippen LogP contribution is 2.36. The number of benzene rings is 2. The van der Waals surface area contributed by atoms with E-state index in [1.54, 1.807) is 6.07 Å². The third kappa shape index (κ3) is 3.12. The number of hydrogen-bond donors (Lipinski definition) is 4. The van der Waals surface area contributed by atoms with Gasteiger partial charge in [-0.3, -0.25) is 0 Å². The first-order chi connectivity index (χ1) is 9.49. The Morgan fingerprint density at radius 3 is 2.45 bits per heavy atom. The van der Waals surface area contributed by atoms with Crippen molar-refractivity contribution in [3.63, 3.8) is 0 Å². The van der Waals surface area contributed by atoms with Gasteiger partial charge < -0.3 is 20.6 Å². The first kappa shape index (κ1) is 14.4. The second-order valence-corrected chi connectivity index (χ2v) is 4.70. The molecule has 0 radical (unpaired) electrons. The van der Waals surface area contributed by atoms with Gasteiger partial charge in [0, 0.05) is 18.7 Å². The highest BCUT2D eigenvalue weighted by Gasteiger charge is 2.10. The molecule has 0 atom stereocenters. The second-order valence-electron chi connectivity index (χ2n) is 4.29. The van der Waals surface area contributed by atoms with Crippen LogP contribution in [0.5, 0.6) is 17.2 Å². The minimum absolute atomic E-state index is 0.0504. The molecule has 0 saturated heterocycles. The Bertz CT molecular complexity index is 634. The summed E-state index contributed by atoms with van der Waals surface area (Å²) in [5.41, 5.74) is 1.23. The van der Waals surface area contributed by atoms with Gasteiger partial charge >= 0.3 is 0 Å². The summed E-state index contributed by atoms with van der Waals surface area (Å²) in [4.78, 5) is 0. The number of rotatable bonds is 4. The molecule has 0 unspecified atom stereocenters. The standard InChI is InChI=1S/C14H13ClFNO3/c15-10-5-8(1-3-11(10)16)6-17-7-9-2-4-12(18)14(20)13(9)19/h1-5,17-20H,6-7H2. The van der Waals surface area contributed by atoms with Crippen LogP contribution < -0.4 is 5.32 Å². The largest absolute Gasteiger partial charge is 0.504 e.